The first-order valence-electron chi connectivity index (χ1n) is 10.1. The van der Waals surface area contributed by atoms with E-state index in [0.29, 0.717) is 44.8 Å². The van der Waals surface area contributed by atoms with Crippen LogP contribution in [-0.4, -0.2) is 97.3 Å². The van der Waals surface area contributed by atoms with Gasteiger partial charge in [0.05, 0.1) is 12.8 Å². The van der Waals surface area contributed by atoms with Gasteiger partial charge in [-0.15, -0.1) is 0 Å². The zero-order chi connectivity index (χ0) is 21.9. The molecule has 30 heavy (non-hydrogen) atoms. The van der Waals surface area contributed by atoms with Gasteiger partial charge in [0.2, 0.25) is 15.9 Å². The molecule has 0 aromatic heterocycles. The number of nitrogens with zero attached hydrogens (tertiary/aromatic N) is 3. The minimum atomic E-state index is -3.21. The summed E-state index contributed by atoms with van der Waals surface area (Å²) in [5, 5.41) is 11.3. The van der Waals surface area contributed by atoms with E-state index in [9.17, 15) is 22.7 Å². The summed E-state index contributed by atoms with van der Waals surface area (Å²) in [4.78, 5) is 15.7. The number of β-amino-alcohol motifs (C(OH)–C–C–N with tert-alkyl or cyclic N) is 1. The predicted molar refractivity (Wildman–Crippen MR) is 110 cm³/mol. The highest BCUT2D eigenvalue weighted by Crippen LogP contribution is 2.24. The van der Waals surface area contributed by atoms with Crippen molar-refractivity contribution >= 4 is 15.9 Å². The number of amides is 1. The van der Waals surface area contributed by atoms with Crippen molar-refractivity contribution in [2.45, 2.75) is 31.4 Å². The maximum absolute atomic E-state index is 13.4. The Bertz CT molecular complexity index is 860. The van der Waals surface area contributed by atoms with Gasteiger partial charge >= 0.3 is 0 Å². The Labute approximate surface area is 177 Å². The number of sulfonamides is 1. The van der Waals surface area contributed by atoms with Crippen molar-refractivity contribution in [3.63, 3.8) is 0 Å². The van der Waals surface area contributed by atoms with Gasteiger partial charge in [0, 0.05) is 51.8 Å². The molecule has 1 atom stereocenters. The van der Waals surface area contributed by atoms with Crippen LogP contribution in [0.4, 0.5) is 4.39 Å². The molecule has 1 amide bonds. The maximum atomic E-state index is 13.4. The van der Waals surface area contributed by atoms with Crippen LogP contribution in [-0.2, 0) is 14.8 Å². The van der Waals surface area contributed by atoms with Gasteiger partial charge in [0.25, 0.3) is 0 Å². The molecule has 2 aliphatic heterocycles. The topological polar surface area (TPSA) is 90.4 Å². The number of hydrogen-bond acceptors (Lipinski definition) is 6. The normalized spacial score (nSPS) is 25.1. The second-order valence-electron chi connectivity index (χ2n) is 8.27. The van der Waals surface area contributed by atoms with Crippen LogP contribution in [0.1, 0.15) is 19.8 Å². The molecule has 1 aromatic rings. The first-order valence-corrected chi connectivity index (χ1v) is 12.0. The number of carbonyl (C=O) groups excluding carboxylic acids is 1. The molecule has 3 rings (SSSR count). The quantitative estimate of drug-likeness (QED) is 0.714. The van der Waals surface area contributed by atoms with E-state index in [1.807, 2.05) is 0 Å². The van der Waals surface area contributed by atoms with Crippen LogP contribution < -0.4 is 4.74 Å². The molecular formula is C20H30FN3O5S. The third-order valence-corrected chi connectivity index (χ3v) is 7.10. The average Bonchev–Trinajstić information content (AvgIpc) is 2.86. The molecule has 2 saturated heterocycles. The molecule has 0 bridgehead atoms. The van der Waals surface area contributed by atoms with E-state index in [0.717, 1.165) is 0 Å². The Morgan fingerprint density at radius 2 is 1.93 bits per heavy atom. The molecule has 1 aromatic carbocycles. The number of rotatable bonds is 5. The Morgan fingerprint density at radius 3 is 2.53 bits per heavy atom. The fourth-order valence-corrected chi connectivity index (χ4v) is 5.05. The fourth-order valence-electron chi connectivity index (χ4n) is 4.18. The van der Waals surface area contributed by atoms with E-state index < -0.39 is 21.4 Å². The first-order chi connectivity index (χ1) is 14.1. The summed E-state index contributed by atoms with van der Waals surface area (Å²) in [7, 11) is -3.21. The van der Waals surface area contributed by atoms with Crippen LogP contribution in [0.3, 0.4) is 0 Å². The highest BCUT2D eigenvalue weighted by atomic mass is 32.2. The number of piperidine rings is 1. The van der Waals surface area contributed by atoms with Gasteiger partial charge in [-0.1, -0.05) is 6.07 Å². The highest BCUT2D eigenvalue weighted by molar-refractivity contribution is 7.88. The Kier molecular flexibility index (Phi) is 7.01. The Balaban J connectivity index is 1.70. The van der Waals surface area contributed by atoms with Crippen molar-refractivity contribution in [2.75, 3.05) is 52.1 Å². The molecule has 2 heterocycles. The summed E-state index contributed by atoms with van der Waals surface area (Å²) < 4.78 is 44.1. The lowest BCUT2D eigenvalue weighted by molar-refractivity contribution is -0.132. The van der Waals surface area contributed by atoms with Gasteiger partial charge in [0.15, 0.2) is 0 Å². The van der Waals surface area contributed by atoms with Crippen LogP contribution in [0.25, 0.3) is 0 Å². The first kappa shape index (κ1) is 22.9. The third kappa shape index (κ3) is 5.90. The zero-order valence-corrected chi connectivity index (χ0v) is 18.3. The zero-order valence-electron chi connectivity index (χ0n) is 17.5. The number of aliphatic hydroxyl groups is 1. The minimum Gasteiger partial charge on any atom is -0.490 e. The van der Waals surface area contributed by atoms with E-state index in [4.69, 9.17) is 4.74 Å². The lowest BCUT2D eigenvalue weighted by Gasteiger charge is -2.39. The number of halogens is 1. The van der Waals surface area contributed by atoms with E-state index in [1.165, 1.54) is 35.7 Å². The highest BCUT2D eigenvalue weighted by Gasteiger charge is 2.40. The molecule has 0 spiro atoms. The molecule has 0 unspecified atom stereocenters. The summed E-state index contributed by atoms with van der Waals surface area (Å²) in [6.07, 6.45) is 2.54. The van der Waals surface area contributed by atoms with Gasteiger partial charge < -0.3 is 14.7 Å². The van der Waals surface area contributed by atoms with E-state index in [-0.39, 0.29) is 31.6 Å². The standard InChI is InChI=1S/C20H30FN3O5S/c1-16(25)22-10-11-23(18-6-8-24(9-7-18)30(2,27)28)14-20(26,13-22)15-29-19-5-3-4-17(21)12-19/h3-5,12,18,26H,6-11,13-15H2,1-2H3/t20-/m1/s1. The summed E-state index contributed by atoms with van der Waals surface area (Å²) in [6.45, 7) is 3.73. The maximum Gasteiger partial charge on any atom is 0.219 e. The molecule has 0 saturated carbocycles. The van der Waals surface area contributed by atoms with Gasteiger partial charge in [-0.3, -0.25) is 9.69 Å². The van der Waals surface area contributed by atoms with Crippen LogP contribution in [0.15, 0.2) is 24.3 Å². The molecule has 1 N–H and O–H groups in total. The largest absolute Gasteiger partial charge is 0.490 e. The molecule has 2 aliphatic rings. The second-order valence-corrected chi connectivity index (χ2v) is 10.3. The third-order valence-electron chi connectivity index (χ3n) is 5.80. The molecule has 2 fully saturated rings. The molecule has 0 radical (unpaired) electrons. The summed E-state index contributed by atoms with van der Waals surface area (Å²) in [5.74, 6) is -0.243. The number of ether oxygens (including phenoxy) is 1. The smallest absolute Gasteiger partial charge is 0.219 e. The van der Waals surface area contributed by atoms with Crippen molar-refractivity contribution in [2.24, 2.45) is 0 Å². The van der Waals surface area contributed by atoms with Crippen LogP contribution >= 0.6 is 0 Å². The van der Waals surface area contributed by atoms with E-state index in [1.54, 1.807) is 11.0 Å². The van der Waals surface area contributed by atoms with Crippen molar-refractivity contribution in [3.8, 4) is 5.75 Å². The van der Waals surface area contributed by atoms with Crippen molar-refractivity contribution in [1.82, 2.24) is 14.1 Å². The van der Waals surface area contributed by atoms with Gasteiger partial charge in [-0.25, -0.2) is 17.1 Å². The van der Waals surface area contributed by atoms with Crippen LogP contribution in [0.2, 0.25) is 0 Å². The molecule has 8 nitrogen and oxygen atoms in total. The summed E-state index contributed by atoms with van der Waals surface area (Å²) in [5.41, 5.74) is -1.33. The monoisotopic (exact) mass is 443 g/mol. The van der Waals surface area contributed by atoms with E-state index >= 15 is 0 Å². The molecule has 0 aliphatic carbocycles. The van der Waals surface area contributed by atoms with Crippen molar-refractivity contribution in [3.05, 3.63) is 30.1 Å². The Morgan fingerprint density at radius 1 is 1.23 bits per heavy atom. The van der Waals surface area contributed by atoms with Crippen LogP contribution in [0.5, 0.6) is 5.75 Å². The SMILES string of the molecule is CC(=O)N1CCN(C2CCN(S(C)(=O)=O)CC2)C[C@@](O)(COc2cccc(F)c2)C1. The molecular weight excluding hydrogens is 413 g/mol. The van der Waals surface area contributed by atoms with Crippen molar-refractivity contribution in [1.29, 1.82) is 0 Å². The number of benzene rings is 1. The minimum absolute atomic E-state index is 0.0844. The second kappa shape index (κ2) is 9.17. The molecule has 168 valence electrons. The van der Waals surface area contributed by atoms with Gasteiger partial charge in [-0.2, -0.15) is 0 Å². The Hall–Kier alpha value is -1.75. The summed E-state index contributed by atoms with van der Waals surface area (Å²) in [6, 6.07) is 5.82. The molecule has 10 heteroatoms. The summed E-state index contributed by atoms with van der Waals surface area (Å²) >= 11 is 0. The van der Waals surface area contributed by atoms with E-state index in [2.05, 4.69) is 4.90 Å². The average molecular weight is 444 g/mol. The lowest BCUT2D eigenvalue weighted by atomic mass is 10.00. The fraction of sp³-hybridized carbons (Fsp3) is 0.650. The number of hydrogen-bond donors (Lipinski definition) is 1. The van der Waals surface area contributed by atoms with Crippen LogP contribution in [0, 0.1) is 5.82 Å². The van der Waals surface area contributed by atoms with Gasteiger partial charge in [0.1, 0.15) is 23.8 Å². The lowest BCUT2D eigenvalue weighted by Crippen LogP contribution is -2.55. The predicted octanol–water partition coefficient (Wildman–Crippen LogP) is 0.524. The van der Waals surface area contributed by atoms with Gasteiger partial charge in [-0.05, 0) is 25.0 Å². The number of carbonyl (C=O) groups is 1. The van der Waals surface area contributed by atoms with Crippen molar-refractivity contribution < 1.29 is 27.4 Å².